The van der Waals surface area contributed by atoms with Gasteiger partial charge < -0.3 is 0 Å². The van der Waals surface area contributed by atoms with Crippen molar-refractivity contribution in [2.45, 2.75) is 20.3 Å². The Balaban J connectivity index is 2.56. The van der Waals surface area contributed by atoms with Crippen LogP contribution in [0.25, 0.3) is 0 Å². The molecule has 92 valence electrons. The van der Waals surface area contributed by atoms with Crippen molar-refractivity contribution in [3.05, 3.63) is 29.8 Å². The van der Waals surface area contributed by atoms with Crippen molar-refractivity contribution in [3.63, 3.8) is 0 Å². The van der Waals surface area contributed by atoms with E-state index in [9.17, 15) is 13.2 Å². The highest BCUT2D eigenvalue weighted by atomic mass is 32.2. The highest BCUT2D eigenvalue weighted by molar-refractivity contribution is 7.94. The Morgan fingerprint density at radius 3 is 2.53 bits per heavy atom. The third kappa shape index (κ3) is 1.95. The fourth-order valence-corrected chi connectivity index (χ4v) is 3.93. The summed E-state index contributed by atoms with van der Waals surface area (Å²) in [6, 6.07) is 7.13. The molecule has 1 atom stereocenters. The van der Waals surface area contributed by atoms with Crippen LogP contribution in [-0.4, -0.2) is 20.1 Å². The Kier molecular flexibility index (Phi) is 2.95. The van der Waals surface area contributed by atoms with Gasteiger partial charge in [-0.2, -0.15) is 0 Å². The van der Waals surface area contributed by atoms with Gasteiger partial charge in [0.05, 0.1) is 17.4 Å². The van der Waals surface area contributed by atoms with Gasteiger partial charge in [0.1, 0.15) is 0 Å². The summed E-state index contributed by atoms with van der Waals surface area (Å²) < 4.78 is 24.9. The van der Waals surface area contributed by atoms with Crippen molar-refractivity contribution >= 4 is 21.6 Å². The van der Waals surface area contributed by atoms with Gasteiger partial charge in [0.25, 0.3) is 0 Å². The fraction of sp³-hybridized carbons (Fsp3) is 0.417. The van der Waals surface area contributed by atoms with Gasteiger partial charge in [0, 0.05) is 0 Å². The number of aryl methyl sites for hydroxylation is 1. The zero-order chi connectivity index (χ0) is 12.6. The number of rotatable bonds is 2. The van der Waals surface area contributed by atoms with E-state index in [-0.39, 0.29) is 11.7 Å². The summed E-state index contributed by atoms with van der Waals surface area (Å²) in [5.74, 6) is -0.875. The number of hydrogen-bond acceptors (Lipinski definition) is 3. The van der Waals surface area contributed by atoms with Gasteiger partial charge in [-0.3, -0.25) is 4.79 Å². The first-order valence-corrected chi connectivity index (χ1v) is 7.23. The Hall–Kier alpha value is -1.36. The van der Waals surface area contributed by atoms with Crippen LogP contribution in [0.5, 0.6) is 0 Å². The first-order chi connectivity index (χ1) is 7.97. The molecule has 1 fully saturated rings. The van der Waals surface area contributed by atoms with Crippen LogP contribution in [0, 0.1) is 5.92 Å². The molecule has 4 nitrogen and oxygen atoms in total. The van der Waals surface area contributed by atoms with Crippen LogP contribution in [0.1, 0.15) is 19.4 Å². The molecule has 0 radical (unpaired) electrons. The summed E-state index contributed by atoms with van der Waals surface area (Å²) >= 11 is 0. The highest BCUT2D eigenvalue weighted by Crippen LogP contribution is 2.30. The number of anilines is 1. The summed E-state index contributed by atoms with van der Waals surface area (Å²) in [4.78, 5) is 11.9. The largest absolute Gasteiger partial charge is 0.273 e. The molecule has 0 saturated carbocycles. The standard InChI is InChI=1S/C12H15NO3S/c1-3-10-6-4-5-7-11(10)13-12(14)9(2)8-17(13,15)16/h4-7,9H,3,8H2,1-2H3. The predicted octanol–water partition coefficient (Wildman–Crippen LogP) is 1.56. The number of sulfonamides is 1. The van der Waals surface area contributed by atoms with Crippen molar-refractivity contribution in [1.82, 2.24) is 0 Å². The monoisotopic (exact) mass is 253 g/mol. The van der Waals surface area contributed by atoms with Gasteiger partial charge in [-0.25, -0.2) is 12.7 Å². The maximum Gasteiger partial charge on any atom is 0.244 e. The van der Waals surface area contributed by atoms with Crippen molar-refractivity contribution in [2.24, 2.45) is 5.92 Å². The first-order valence-electron chi connectivity index (χ1n) is 5.62. The number of para-hydroxylation sites is 1. The Bertz CT molecular complexity index is 551. The van der Waals surface area contributed by atoms with Crippen LogP contribution in [0.15, 0.2) is 24.3 Å². The maximum absolute atomic E-state index is 12.0. The lowest BCUT2D eigenvalue weighted by atomic mass is 10.1. The van der Waals surface area contributed by atoms with Crippen molar-refractivity contribution < 1.29 is 13.2 Å². The number of carbonyl (C=O) groups is 1. The smallest absolute Gasteiger partial charge is 0.244 e. The zero-order valence-corrected chi connectivity index (χ0v) is 10.7. The fourth-order valence-electron chi connectivity index (χ4n) is 2.08. The molecule has 0 bridgehead atoms. The molecule has 1 aromatic carbocycles. The second-order valence-electron chi connectivity index (χ2n) is 4.26. The van der Waals surface area contributed by atoms with Gasteiger partial charge in [0.2, 0.25) is 15.9 Å². The number of hydrogen-bond donors (Lipinski definition) is 0. The average Bonchev–Trinajstić information content (AvgIpc) is 2.48. The molecule has 1 aliphatic heterocycles. The molecular weight excluding hydrogens is 238 g/mol. The van der Waals surface area contributed by atoms with E-state index in [0.717, 1.165) is 9.87 Å². The molecule has 1 aliphatic rings. The van der Waals surface area contributed by atoms with Crippen molar-refractivity contribution in [3.8, 4) is 0 Å². The molecule has 5 heteroatoms. The zero-order valence-electron chi connectivity index (χ0n) is 9.88. The molecule has 17 heavy (non-hydrogen) atoms. The average molecular weight is 253 g/mol. The lowest BCUT2D eigenvalue weighted by Gasteiger charge is -2.18. The van der Waals surface area contributed by atoms with Gasteiger partial charge in [-0.05, 0) is 18.1 Å². The topological polar surface area (TPSA) is 54.5 Å². The minimum absolute atomic E-state index is 0.0934. The highest BCUT2D eigenvalue weighted by Gasteiger charge is 2.42. The second kappa shape index (κ2) is 4.14. The van der Waals surface area contributed by atoms with E-state index in [1.54, 1.807) is 19.1 Å². The van der Waals surface area contributed by atoms with E-state index in [1.165, 1.54) is 0 Å². The van der Waals surface area contributed by atoms with E-state index >= 15 is 0 Å². The van der Waals surface area contributed by atoms with Crippen LogP contribution in [0.2, 0.25) is 0 Å². The van der Waals surface area contributed by atoms with Crippen molar-refractivity contribution in [1.29, 1.82) is 0 Å². The molecule has 1 amide bonds. The number of nitrogens with zero attached hydrogens (tertiary/aromatic N) is 1. The normalized spacial score (nSPS) is 23.1. The predicted molar refractivity (Wildman–Crippen MR) is 66.3 cm³/mol. The minimum atomic E-state index is -3.49. The SMILES string of the molecule is CCc1ccccc1N1C(=O)C(C)CS1(=O)=O. The molecule has 1 heterocycles. The van der Waals surface area contributed by atoms with Crippen LogP contribution >= 0.6 is 0 Å². The van der Waals surface area contributed by atoms with E-state index in [2.05, 4.69) is 0 Å². The van der Waals surface area contributed by atoms with Gasteiger partial charge in [0.15, 0.2) is 0 Å². The van der Waals surface area contributed by atoms with Crippen LogP contribution < -0.4 is 4.31 Å². The summed E-state index contributed by atoms with van der Waals surface area (Å²) in [6.45, 7) is 3.59. The molecule has 0 aromatic heterocycles. The Labute approximate surface area is 101 Å². The van der Waals surface area contributed by atoms with Gasteiger partial charge in [-0.1, -0.05) is 32.0 Å². The molecule has 2 rings (SSSR count). The van der Waals surface area contributed by atoms with Gasteiger partial charge >= 0.3 is 0 Å². The third-order valence-electron chi connectivity index (χ3n) is 2.95. The molecule has 0 aliphatic carbocycles. The third-order valence-corrected chi connectivity index (χ3v) is 4.81. The lowest BCUT2D eigenvalue weighted by molar-refractivity contribution is -0.119. The number of carbonyl (C=O) groups excluding carboxylic acids is 1. The first kappa shape index (κ1) is 12.1. The number of benzene rings is 1. The van der Waals surface area contributed by atoms with E-state index in [0.29, 0.717) is 12.1 Å². The molecule has 0 N–H and O–H groups in total. The summed E-state index contributed by atoms with van der Waals surface area (Å²) in [5.41, 5.74) is 1.38. The minimum Gasteiger partial charge on any atom is -0.273 e. The molecular formula is C12H15NO3S. The van der Waals surface area contributed by atoms with Crippen molar-refractivity contribution in [2.75, 3.05) is 10.1 Å². The Morgan fingerprint density at radius 1 is 1.35 bits per heavy atom. The van der Waals surface area contributed by atoms with Crippen LogP contribution in [-0.2, 0) is 21.2 Å². The maximum atomic E-state index is 12.0. The summed E-state index contributed by atoms with van der Waals surface area (Å²) in [7, 11) is -3.49. The Morgan fingerprint density at radius 2 is 2.00 bits per heavy atom. The molecule has 1 aromatic rings. The van der Waals surface area contributed by atoms with Gasteiger partial charge in [-0.15, -0.1) is 0 Å². The molecule has 0 spiro atoms. The summed E-state index contributed by atoms with van der Waals surface area (Å²) in [6.07, 6.45) is 0.698. The van der Waals surface area contributed by atoms with E-state index < -0.39 is 15.9 Å². The molecule has 1 unspecified atom stereocenters. The lowest BCUT2D eigenvalue weighted by Crippen LogP contribution is -2.31. The second-order valence-corrected chi connectivity index (χ2v) is 6.13. The van der Waals surface area contributed by atoms with E-state index in [1.807, 2.05) is 19.1 Å². The van der Waals surface area contributed by atoms with Crippen LogP contribution in [0.3, 0.4) is 0 Å². The quantitative estimate of drug-likeness (QED) is 0.803. The van der Waals surface area contributed by atoms with Crippen LogP contribution in [0.4, 0.5) is 5.69 Å². The van der Waals surface area contributed by atoms with E-state index in [4.69, 9.17) is 0 Å². The summed E-state index contributed by atoms with van der Waals surface area (Å²) in [5, 5.41) is 0. The number of amides is 1. The molecule has 1 saturated heterocycles.